The van der Waals surface area contributed by atoms with E-state index in [1.807, 2.05) is 33.8 Å². The van der Waals surface area contributed by atoms with Gasteiger partial charge in [0, 0.05) is 12.1 Å². The summed E-state index contributed by atoms with van der Waals surface area (Å²) in [5, 5.41) is 2.75. The van der Waals surface area contributed by atoms with E-state index in [1.54, 1.807) is 20.3 Å². The molecule has 1 amide bonds. The number of carbonyl (C=O) groups excluding carboxylic acids is 1. The Bertz CT molecular complexity index is 522. The second kappa shape index (κ2) is 7.35. The molecule has 0 saturated heterocycles. The second-order valence-electron chi connectivity index (χ2n) is 6.17. The van der Waals surface area contributed by atoms with Crippen molar-refractivity contribution in [2.45, 2.75) is 45.8 Å². The van der Waals surface area contributed by atoms with E-state index in [0.717, 1.165) is 5.56 Å². The molecule has 6 heteroatoms. The van der Waals surface area contributed by atoms with Gasteiger partial charge >= 0.3 is 6.09 Å². The molecule has 1 atom stereocenters. The topological polar surface area (TPSA) is 82.8 Å². The van der Waals surface area contributed by atoms with Crippen molar-refractivity contribution < 1.29 is 19.0 Å². The molecule has 0 heterocycles. The fourth-order valence-electron chi connectivity index (χ4n) is 1.97. The van der Waals surface area contributed by atoms with Gasteiger partial charge in [-0.15, -0.1) is 0 Å². The van der Waals surface area contributed by atoms with Gasteiger partial charge in [0.05, 0.1) is 19.9 Å². The number of hydrogen-bond acceptors (Lipinski definition) is 5. The van der Waals surface area contributed by atoms with E-state index in [-0.39, 0.29) is 6.04 Å². The van der Waals surface area contributed by atoms with Gasteiger partial charge in [-0.05, 0) is 45.7 Å². The first-order chi connectivity index (χ1) is 10.2. The maximum Gasteiger partial charge on any atom is 0.412 e. The summed E-state index contributed by atoms with van der Waals surface area (Å²) < 4.78 is 15.8. The molecular weight excluding hydrogens is 284 g/mol. The molecule has 3 N–H and O–H groups in total. The van der Waals surface area contributed by atoms with Crippen LogP contribution >= 0.6 is 0 Å². The third-order valence-electron chi connectivity index (χ3n) is 2.79. The predicted octanol–water partition coefficient (Wildman–Crippen LogP) is 2.94. The lowest BCUT2D eigenvalue weighted by atomic mass is 10.0. The summed E-state index contributed by atoms with van der Waals surface area (Å²) in [4.78, 5) is 12.0. The molecule has 0 aliphatic rings. The first-order valence-electron chi connectivity index (χ1n) is 7.16. The highest BCUT2D eigenvalue weighted by atomic mass is 16.6. The SMILES string of the molecule is COc1cc(C[C@@H](C)N)c(NC(=O)OC(C)(C)C)cc1OC. The predicted molar refractivity (Wildman–Crippen MR) is 86.8 cm³/mol. The molecule has 0 aromatic heterocycles. The number of methoxy groups -OCH3 is 2. The largest absolute Gasteiger partial charge is 0.493 e. The molecule has 0 unspecified atom stereocenters. The maximum atomic E-state index is 12.0. The van der Waals surface area contributed by atoms with Crippen LogP contribution in [0, 0.1) is 0 Å². The van der Waals surface area contributed by atoms with Crippen molar-refractivity contribution in [3.63, 3.8) is 0 Å². The van der Waals surface area contributed by atoms with Crippen LogP contribution in [0.15, 0.2) is 12.1 Å². The minimum absolute atomic E-state index is 0.0581. The van der Waals surface area contributed by atoms with Crippen LogP contribution in [0.3, 0.4) is 0 Å². The average molecular weight is 310 g/mol. The summed E-state index contributed by atoms with van der Waals surface area (Å²) in [6, 6.07) is 3.47. The second-order valence-corrected chi connectivity index (χ2v) is 6.17. The zero-order chi connectivity index (χ0) is 16.9. The third kappa shape index (κ3) is 5.44. The Kier molecular flexibility index (Phi) is 6.05. The number of hydrogen-bond donors (Lipinski definition) is 2. The van der Waals surface area contributed by atoms with Crippen LogP contribution in [0.1, 0.15) is 33.3 Å². The summed E-state index contributed by atoms with van der Waals surface area (Å²) in [5.41, 5.74) is 6.77. The summed E-state index contributed by atoms with van der Waals surface area (Å²) >= 11 is 0. The van der Waals surface area contributed by atoms with Gasteiger partial charge in [0.1, 0.15) is 5.60 Å². The summed E-state index contributed by atoms with van der Waals surface area (Å²) in [6.45, 7) is 7.33. The number of ether oxygens (including phenoxy) is 3. The van der Waals surface area contributed by atoms with Gasteiger partial charge < -0.3 is 19.9 Å². The Hall–Kier alpha value is -1.95. The van der Waals surface area contributed by atoms with Crippen molar-refractivity contribution in [2.75, 3.05) is 19.5 Å². The fourth-order valence-corrected chi connectivity index (χ4v) is 1.97. The van der Waals surface area contributed by atoms with Gasteiger partial charge in [-0.25, -0.2) is 4.79 Å². The van der Waals surface area contributed by atoms with Crippen LogP contribution in [-0.4, -0.2) is 32.0 Å². The monoisotopic (exact) mass is 310 g/mol. The van der Waals surface area contributed by atoms with E-state index in [2.05, 4.69) is 5.32 Å². The normalized spacial score (nSPS) is 12.5. The molecular formula is C16H26N2O4. The van der Waals surface area contributed by atoms with Gasteiger partial charge in [0.15, 0.2) is 11.5 Å². The van der Waals surface area contributed by atoms with E-state index >= 15 is 0 Å². The highest BCUT2D eigenvalue weighted by Crippen LogP contribution is 2.34. The maximum absolute atomic E-state index is 12.0. The van der Waals surface area contributed by atoms with Crippen molar-refractivity contribution >= 4 is 11.8 Å². The van der Waals surface area contributed by atoms with Crippen LogP contribution in [0.2, 0.25) is 0 Å². The number of amides is 1. The van der Waals surface area contributed by atoms with Gasteiger partial charge in [-0.1, -0.05) is 0 Å². The van der Waals surface area contributed by atoms with Crippen LogP contribution < -0.4 is 20.5 Å². The van der Waals surface area contributed by atoms with Crippen molar-refractivity contribution in [1.29, 1.82) is 0 Å². The molecule has 0 fully saturated rings. The Morgan fingerprint density at radius 1 is 1.23 bits per heavy atom. The molecule has 0 spiro atoms. The summed E-state index contributed by atoms with van der Waals surface area (Å²) in [7, 11) is 3.11. The van der Waals surface area contributed by atoms with Gasteiger partial charge in [0.25, 0.3) is 0 Å². The zero-order valence-electron chi connectivity index (χ0n) is 14.1. The molecule has 0 aliphatic carbocycles. The van der Waals surface area contributed by atoms with Crippen molar-refractivity contribution in [3.05, 3.63) is 17.7 Å². The van der Waals surface area contributed by atoms with Gasteiger partial charge in [-0.2, -0.15) is 0 Å². The summed E-state index contributed by atoms with van der Waals surface area (Å²) in [6.07, 6.45) is 0.0662. The number of benzene rings is 1. The molecule has 0 radical (unpaired) electrons. The summed E-state index contributed by atoms with van der Waals surface area (Å²) in [5.74, 6) is 1.12. The molecule has 1 aromatic rings. The highest BCUT2D eigenvalue weighted by molar-refractivity contribution is 5.86. The first-order valence-corrected chi connectivity index (χ1v) is 7.16. The lowest BCUT2D eigenvalue weighted by Gasteiger charge is -2.21. The Balaban J connectivity index is 3.11. The molecule has 0 saturated carbocycles. The van der Waals surface area contributed by atoms with Crippen molar-refractivity contribution in [1.82, 2.24) is 0 Å². The van der Waals surface area contributed by atoms with Gasteiger partial charge in [-0.3, -0.25) is 5.32 Å². The van der Waals surface area contributed by atoms with Crippen LogP contribution in [0.4, 0.5) is 10.5 Å². The van der Waals surface area contributed by atoms with Crippen molar-refractivity contribution in [3.8, 4) is 11.5 Å². The Morgan fingerprint density at radius 2 is 1.77 bits per heavy atom. The Morgan fingerprint density at radius 3 is 2.23 bits per heavy atom. The van der Waals surface area contributed by atoms with E-state index in [1.165, 1.54) is 0 Å². The molecule has 124 valence electrons. The van der Waals surface area contributed by atoms with E-state index < -0.39 is 11.7 Å². The fraction of sp³-hybridized carbons (Fsp3) is 0.562. The smallest absolute Gasteiger partial charge is 0.412 e. The molecule has 1 rings (SSSR count). The lowest BCUT2D eigenvalue weighted by Crippen LogP contribution is -2.28. The van der Waals surface area contributed by atoms with E-state index in [9.17, 15) is 4.79 Å². The Labute approximate surface area is 131 Å². The minimum atomic E-state index is -0.567. The van der Waals surface area contributed by atoms with E-state index in [4.69, 9.17) is 19.9 Å². The van der Waals surface area contributed by atoms with E-state index in [0.29, 0.717) is 23.6 Å². The van der Waals surface area contributed by atoms with Crippen LogP contribution in [-0.2, 0) is 11.2 Å². The zero-order valence-corrected chi connectivity index (χ0v) is 14.1. The molecule has 22 heavy (non-hydrogen) atoms. The number of nitrogens with one attached hydrogen (secondary N) is 1. The minimum Gasteiger partial charge on any atom is -0.493 e. The van der Waals surface area contributed by atoms with Crippen LogP contribution in [0.25, 0.3) is 0 Å². The van der Waals surface area contributed by atoms with Crippen molar-refractivity contribution in [2.24, 2.45) is 5.73 Å². The van der Waals surface area contributed by atoms with Crippen LogP contribution in [0.5, 0.6) is 11.5 Å². The number of nitrogens with two attached hydrogens (primary N) is 1. The number of carbonyl (C=O) groups is 1. The lowest BCUT2D eigenvalue weighted by molar-refractivity contribution is 0.0635. The molecule has 1 aromatic carbocycles. The highest BCUT2D eigenvalue weighted by Gasteiger charge is 2.19. The average Bonchev–Trinajstić information content (AvgIpc) is 2.37. The quantitative estimate of drug-likeness (QED) is 0.873. The number of anilines is 1. The number of rotatable bonds is 5. The third-order valence-corrected chi connectivity index (χ3v) is 2.79. The standard InChI is InChI=1S/C16H26N2O4/c1-10(17)7-11-8-13(20-5)14(21-6)9-12(11)18-15(19)22-16(2,3)4/h8-10H,7,17H2,1-6H3,(H,18,19)/t10-/m1/s1. The molecule has 0 bridgehead atoms. The molecule has 0 aliphatic heterocycles. The first kappa shape index (κ1) is 18.1. The molecule has 6 nitrogen and oxygen atoms in total. The van der Waals surface area contributed by atoms with Gasteiger partial charge in [0.2, 0.25) is 0 Å².